The molecule has 0 bridgehead atoms. The van der Waals surface area contributed by atoms with Crippen molar-refractivity contribution < 1.29 is 0 Å². The summed E-state index contributed by atoms with van der Waals surface area (Å²) in [6.07, 6.45) is 0. The van der Waals surface area contributed by atoms with E-state index in [1.165, 1.54) is 33.4 Å². The molecular formula is C63H39N5. The van der Waals surface area contributed by atoms with Gasteiger partial charge in [0.1, 0.15) is 0 Å². The molecule has 0 unspecified atom stereocenters. The van der Waals surface area contributed by atoms with E-state index in [4.69, 9.17) is 15.0 Å². The molecule has 1 aliphatic carbocycles. The molecule has 12 aromatic rings. The predicted molar refractivity (Wildman–Crippen MR) is 275 cm³/mol. The molecule has 1 aliphatic rings. The van der Waals surface area contributed by atoms with Crippen LogP contribution in [0.2, 0.25) is 0 Å². The van der Waals surface area contributed by atoms with Crippen molar-refractivity contribution in [1.29, 1.82) is 5.26 Å². The number of hydrogen-bond acceptors (Lipinski definition) is 4. The van der Waals surface area contributed by atoms with Crippen LogP contribution in [-0.4, -0.2) is 19.5 Å². The number of nitriles is 1. The average molecular weight is 866 g/mol. The second-order valence-electron chi connectivity index (χ2n) is 17.5. The first-order chi connectivity index (χ1) is 33.6. The average Bonchev–Trinajstić information content (AvgIpc) is 3.90. The van der Waals surface area contributed by atoms with E-state index >= 15 is 0 Å². The van der Waals surface area contributed by atoms with Gasteiger partial charge in [0.2, 0.25) is 0 Å². The molecule has 0 saturated heterocycles. The molecule has 0 N–H and O–H groups in total. The Morgan fingerprint density at radius 1 is 0.368 bits per heavy atom. The van der Waals surface area contributed by atoms with Crippen LogP contribution in [0.5, 0.6) is 0 Å². The maximum atomic E-state index is 10.1. The van der Waals surface area contributed by atoms with Crippen molar-refractivity contribution in [1.82, 2.24) is 19.5 Å². The Bertz CT molecular complexity index is 3940. The standard InChI is InChI=1S/C63H39N5/c64-40-41-17-16-22-44(33-41)47-35-48(62-66-60(43-19-4-1-5-20-43)65-61(67-62)46-32-31-42-18-10-11-21-45(42)34-46)37-51(36-47)68-58-30-15-13-28-53(58)55-38-54-52-27-12-14-29-56(52)63(57(54)39-59(55)68,49-23-6-2-7-24-49)50-25-8-3-9-26-50/h1-39H. The molecule has 0 radical (unpaired) electrons. The zero-order chi connectivity index (χ0) is 45.2. The van der Waals surface area contributed by atoms with Crippen LogP contribution in [0, 0.1) is 11.3 Å². The number of nitrogens with zero attached hydrogens (tertiary/aromatic N) is 5. The smallest absolute Gasteiger partial charge is 0.164 e. The lowest BCUT2D eigenvalue weighted by Gasteiger charge is -2.34. The Morgan fingerprint density at radius 3 is 1.75 bits per heavy atom. The summed E-state index contributed by atoms with van der Waals surface area (Å²) in [6, 6.07) is 86.0. The number of hydrogen-bond donors (Lipinski definition) is 0. The van der Waals surface area contributed by atoms with Gasteiger partial charge in [-0.1, -0.05) is 182 Å². The van der Waals surface area contributed by atoms with Gasteiger partial charge in [0.15, 0.2) is 17.5 Å². The van der Waals surface area contributed by atoms with Crippen molar-refractivity contribution >= 4 is 32.6 Å². The van der Waals surface area contributed by atoms with Crippen LogP contribution in [0.15, 0.2) is 237 Å². The van der Waals surface area contributed by atoms with Gasteiger partial charge in [-0.2, -0.15) is 5.26 Å². The number of para-hydroxylation sites is 1. The van der Waals surface area contributed by atoms with Crippen molar-refractivity contribution in [3.05, 3.63) is 264 Å². The second kappa shape index (κ2) is 15.7. The molecule has 10 aromatic carbocycles. The highest BCUT2D eigenvalue weighted by Gasteiger charge is 2.46. The maximum Gasteiger partial charge on any atom is 0.164 e. The summed E-state index contributed by atoms with van der Waals surface area (Å²) in [5.41, 5.74) is 15.0. The van der Waals surface area contributed by atoms with E-state index in [1.807, 2.05) is 48.5 Å². The Hall–Kier alpha value is -9.24. The minimum Gasteiger partial charge on any atom is -0.309 e. The van der Waals surface area contributed by atoms with E-state index in [-0.39, 0.29) is 0 Å². The van der Waals surface area contributed by atoms with Gasteiger partial charge in [-0.05, 0) is 110 Å². The minimum atomic E-state index is -0.577. The van der Waals surface area contributed by atoms with Gasteiger partial charge in [0.25, 0.3) is 0 Å². The van der Waals surface area contributed by atoms with Gasteiger partial charge in [0, 0.05) is 33.2 Å². The third kappa shape index (κ3) is 6.20. The summed E-state index contributed by atoms with van der Waals surface area (Å²) in [7, 11) is 0. The summed E-state index contributed by atoms with van der Waals surface area (Å²) in [5, 5.41) is 14.7. The molecule has 5 nitrogen and oxygen atoms in total. The molecule has 13 rings (SSSR count). The Labute approximate surface area is 393 Å². The number of aromatic nitrogens is 4. The molecule has 2 aromatic heterocycles. The van der Waals surface area contributed by atoms with Gasteiger partial charge < -0.3 is 4.57 Å². The van der Waals surface area contributed by atoms with Crippen molar-refractivity contribution in [3.8, 4) is 68.2 Å². The highest BCUT2D eigenvalue weighted by Crippen LogP contribution is 2.57. The van der Waals surface area contributed by atoms with Crippen molar-refractivity contribution in [2.75, 3.05) is 0 Å². The molecule has 0 spiro atoms. The molecule has 0 saturated carbocycles. The molecule has 0 amide bonds. The topological polar surface area (TPSA) is 67.4 Å². The molecule has 316 valence electrons. The molecule has 0 aliphatic heterocycles. The van der Waals surface area contributed by atoms with Gasteiger partial charge in [-0.25, -0.2) is 15.0 Å². The zero-order valence-electron chi connectivity index (χ0n) is 36.8. The lowest BCUT2D eigenvalue weighted by Crippen LogP contribution is -2.28. The Morgan fingerprint density at radius 2 is 0.985 bits per heavy atom. The minimum absolute atomic E-state index is 0.547. The van der Waals surface area contributed by atoms with E-state index in [0.717, 1.165) is 66.1 Å². The largest absolute Gasteiger partial charge is 0.309 e. The van der Waals surface area contributed by atoms with Crippen LogP contribution in [0.3, 0.4) is 0 Å². The van der Waals surface area contributed by atoms with E-state index in [1.54, 1.807) is 0 Å². The normalized spacial score (nSPS) is 12.5. The zero-order valence-corrected chi connectivity index (χ0v) is 36.8. The van der Waals surface area contributed by atoms with Gasteiger partial charge in [-0.15, -0.1) is 0 Å². The SMILES string of the molecule is N#Cc1cccc(-c2cc(-c3nc(-c4ccccc4)nc(-c4ccc5ccccc5c4)n3)cc(-n3c4ccccc4c4cc5c(cc43)C(c3ccccc3)(c3ccccc3)c3ccccc3-5)c2)c1. The fourth-order valence-corrected chi connectivity index (χ4v) is 10.7. The first-order valence-corrected chi connectivity index (χ1v) is 22.9. The van der Waals surface area contributed by atoms with E-state index in [2.05, 4.69) is 199 Å². The summed E-state index contributed by atoms with van der Waals surface area (Å²) in [6.45, 7) is 0. The third-order valence-electron chi connectivity index (χ3n) is 13.7. The first-order valence-electron chi connectivity index (χ1n) is 22.9. The van der Waals surface area contributed by atoms with Crippen LogP contribution in [0.4, 0.5) is 0 Å². The summed E-state index contributed by atoms with van der Waals surface area (Å²) in [5.74, 6) is 1.72. The number of rotatable bonds is 7. The Balaban J connectivity index is 1.11. The fourth-order valence-electron chi connectivity index (χ4n) is 10.7. The Kier molecular flexibility index (Phi) is 9.06. The summed E-state index contributed by atoms with van der Waals surface area (Å²) < 4.78 is 2.40. The highest BCUT2D eigenvalue weighted by atomic mass is 15.0. The monoisotopic (exact) mass is 865 g/mol. The lowest BCUT2D eigenvalue weighted by molar-refractivity contribution is 0.769. The van der Waals surface area contributed by atoms with Crippen LogP contribution in [-0.2, 0) is 5.41 Å². The van der Waals surface area contributed by atoms with E-state index in [9.17, 15) is 5.26 Å². The second-order valence-corrected chi connectivity index (χ2v) is 17.5. The van der Waals surface area contributed by atoms with Crippen molar-refractivity contribution in [2.45, 2.75) is 5.41 Å². The van der Waals surface area contributed by atoms with Crippen LogP contribution < -0.4 is 0 Å². The van der Waals surface area contributed by atoms with E-state index in [0.29, 0.717) is 23.0 Å². The van der Waals surface area contributed by atoms with Gasteiger partial charge >= 0.3 is 0 Å². The van der Waals surface area contributed by atoms with Crippen LogP contribution in [0.25, 0.3) is 94.7 Å². The van der Waals surface area contributed by atoms with Gasteiger partial charge in [-0.3, -0.25) is 0 Å². The van der Waals surface area contributed by atoms with Crippen molar-refractivity contribution in [3.63, 3.8) is 0 Å². The molecular weight excluding hydrogens is 827 g/mol. The highest BCUT2D eigenvalue weighted by molar-refractivity contribution is 6.12. The molecule has 68 heavy (non-hydrogen) atoms. The van der Waals surface area contributed by atoms with Gasteiger partial charge in [0.05, 0.1) is 28.1 Å². The quantitative estimate of drug-likeness (QED) is 0.160. The first kappa shape index (κ1) is 39.2. The van der Waals surface area contributed by atoms with Crippen molar-refractivity contribution in [2.24, 2.45) is 0 Å². The maximum absolute atomic E-state index is 10.1. The number of fused-ring (bicyclic) bond motifs is 7. The molecule has 0 fully saturated rings. The van der Waals surface area contributed by atoms with E-state index < -0.39 is 5.41 Å². The van der Waals surface area contributed by atoms with Crippen LogP contribution in [0.1, 0.15) is 27.8 Å². The summed E-state index contributed by atoms with van der Waals surface area (Å²) in [4.78, 5) is 15.7. The van der Waals surface area contributed by atoms with Crippen LogP contribution >= 0.6 is 0 Å². The third-order valence-corrected chi connectivity index (χ3v) is 13.7. The predicted octanol–water partition coefficient (Wildman–Crippen LogP) is 15.0. The molecule has 2 heterocycles. The number of benzene rings is 10. The fraction of sp³-hybridized carbons (Fsp3) is 0.0159. The molecule has 0 atom stereocenters. The molecule has 5 heteroatoms. The summed E-state index contributed by atoms with van der Waals surface area (Å²) >= 11 is 0. The lowest BCUT2D eigenvalue weighted by atomic mass is 9.67.